The average Bonchev–Trinajstić information content (AvgIpc) is 3.41. The molecule has 184 valence electrons. The largest absolute Gasteiger partial charge is 0.292 e. The van der Waals surface area contributed by atoms with E-state index in [-0.39, 0.29) is 0 Å². The second-order valence-corrected chi connectivity index (χ2v) is 14.0. The molecule has 0 radical (unpaired) electrons. The van der Waals surface area contributed by atoms with Crippen molar-refractivity contribution in [3.63, 3.8) is 0 Å². The average molecular weight is 538 g/mol. The number of fused-ring (bicyclic) bond motifs is 9. The molecule has 0 N–H and O–H groups in total. The van der Waals surface area contributed by atoms with Gasteiger partial charge in [-0.05, 0) is 63.8 Å². The van der Waals surface area contributed by atoms with Gasteiger partial charge in [0.25, 0.3) is 0 Å². The first kappa shape index (κ1) is 22.5. The maximum Gasteiger partial charge on any atom is 0.146 e. The van der Waals surface area contributed by atoms with Crippen LogP contribution in [0, 0.1) is 0 Å². The lowest BCUT2D eigenvalue weighted by atomic mass is 10.1. The molecule has 0 aliphatic carbocycles. The van der Waals surface area contributed by atoms with Crippen LogP contribution in [0.2, 0.25) is 0 Å². The van der Waals surface area contributed by atoms with Crippen molar-refractivity contribution < 1.29 is 0 Å². The Kier molecular flexibility index (Phi) is 4.90. The van der Waals surface area contributed by atoms with Gasteiger partial charge in [-0.15, -0.1) is 0 Å². The van der Waals surface area contributed by atoms with Crippen molar-refractivity contribution in [2.24, 2.45) is 0 Å². The zero-order valence-electron chi connectivity index (χ0n) is 20.6. The van der Waals surface area contributed by atoms with Crippen LogP contribution < -0.4 is 15.9 Å². The molecular formula is C32H20N5PS. The van der Waals surface area contributed by atoms with E-state index in [0.717, 1.165) is 54.4 Å². The molecule has 0 saturated carbocycles. The Morgan fingerprint density at radius 1 is 0.615 bits per heavy atom. The Morgan fingerprint density at radius 3 is 2.28 bits per heavy atom. The highest BCUT2D eigenvalue weighted by atomic mass is 32.4. The molecule has 0 bridgehead atoms. The number of aromatic nitrogens is 5. The summed E-state index contributed by atoms with van der Waals surface area (Å²) in [4.78, 5) is 18.1. The van der Waals surface area contributed by atoms with Gasteiger partial charge in [-0.25, -0.2) is 15.0 Å². The first-order valence-electron chi connectivity index (χ1n) is 12.6. The van der Waals surface area contributed by atoms with Gasteiger partial charge in [-0.1, -0.05) is 66.4 Å². The predicted octanol–water partition coefficient (Wildman–Crippen LogP) is 5.89. The Morgan fingerprint density at radius 2 is 1.38 bits per heavy atom. The number of imidazole rings is 1. The normalized spacial score (nSPS) is 13.4. The van der Waals surface area contributed by atoms with Crippen LogP contribution in [0.5, 0.6) is 0 Å². The predicted molar refractivity (Wildman–Crippen MR) is 165 cm³/mol. The highest BCUT2D eigenvalue weighted by Crippen LogP contribution is 2.44. The summed E-state index contributed by atoms with van der Waals surface area (Å²) in [6, 6.07) is 31.5. The van der Waals surface area contributed by atoms with Gasteiger partial charge in [-0.3, -0.25) is 9.38 Å². The molecule has 0 aliphatic rings. The highest BCUT2D eigenvalue weighted by molar-refractivity contribution is 8.25. The van der Waals surface area contributed by atoms with Gasteiger partial charge in [-0.2, -0.15) is 0 Å². The maximum atomic E-state index is 6.72. The van der Waals surface area contributed by atoms with Crippen LogP contribution in [-0.4, -0.2) is 24.3 Å². The standard InChI is InChI=1S/C32H20N5PS/c39-38(22-13-15-33-16-14-22,24-10-9-21-19-34-20-35-29(21)18-24)23-11-12-25-26-5-1-3-7-30(26)37-31-8-4-2-6-28(31)36-32(37)27(25)17-23/h1-20H. The number of hydrogen-bond donors (Lipinski definition) is 0. The van der Waals surface area contributed by atoms with E-state index in [9.17, 15) is 0 Å². The Hall–Kier alpha value is -4.51. The van der Waals surface area contributed by atoms with Gasteiger partial charge in [0.15, 0.2) is 0 Å². The van der Waals surface area contributed by atoms with Crippen molar-refractivity contribution >= 4 is 83.0 Å². The highest BCUT2D eigenvalue weighted by Gasteiger charge is 2.26. The van der Waals surface area contributed by atoms with Crippen LogP contribution in [-0.2, 0) is 11.8 Å². The minimum atomic E-state index is -2.46. The quantitative estimate of drug-likeness (QED) is 0.208. The molecule has 0 aliphatic heterocycles. The Bertz CT molecular complexity index is 2280. The van der Waals surface area contributed by atoms with E-state index in [2.05, 4.69) is 110 Å². The Balaban J connectivity index is 1.49. The van der Waals surface area contributed by atoms with Gasteiger partial charge >= 0.3 is 0 Å². The number of pyridine rings is 2. The molecule has 0 saturated heterocycles. The summed E-state index contributed by atoms with van der Waals surface area (Å²) in [6.45, 7) is 0. The van der Waals surface area contributed by atoms with Gasteiger partial charge in [0, 0.05) is 40.8 Å². The fraction of sp³-hybridized carbons (Fsp3) is 0. The fourth-order valence-corrected chi connectivity index (χ4v) is 9.33. The van der Waals surface area contributed by atoms with E-state index in [4.69, 9.17) is 16.8 Å². The topological polar surface area (TPSA) is 56.0 Å². The van der Waals surface area contributed by atoms with Crippen LogP contribution in [0.1, 0.15) is 0 Å². The molecule has 39 heavy (non-hydrogen) atoms. The second kappa shape index (κ2) is 8.50. The van der Waals surface area contributed by atoms with E-state index in [1.807, 2.05) is 24.7 Å². The molecule has 4 aromatic carbocycles. The molecular weight excluding hydrogens is 517 g/mol. The minimum absolute atomic E-state index is 0.888. The summed E-state index contributed by atoms with van der Waals surface area (Å²) in [7, 11) is 0. The fourth-order valence-electron chi connectivity index (χ4n) is 5.65. The molecule has 1 atom stereocenters. The third-order valence-electron chi connectivity index (χ3n) is 7.48. The van der Waals surface area contributed by atoms with E-state index in [1.54, 1.807) is 6.33 Å². The van der Waals surface area contributed by atoms with E-state index < -0.39 is 6.04 Å². The summed E-state index contributed by atoms with van der Waals surface area (Å²) in [5.41, 5.74) is 5.04. The summed E-state index contributed by atoms with van der Waals surface area (Å²) < 4.78 is 2.28. The van der Waals surface area contributed by atoms with E-state index >= 15 is 0 Å². The van der Waals surface area contributed by atoms with Crippen molar-refractivity contribution in [2.75, 3.05) is 0 Å². The molecule has 1 unspecified atom stereocenters. The van der Waals surface area contributed by atoms with Crippen molar-refractivity contribution in [1.82, 2.24) is 24.3 Å². The Labute approximate surface area is 228 Å². The van der Waals surface area contributed by atoms with Crippen molar-refractivity contribution in [3.05, 3.63) is 122 Å². The molecule has 4 aromatic heterocycles. The van der Waals surface area contributed by atoms with Crippen LogP contribution in [0.25, 0.3) is 49.3 Å². The molecule has 4 heterocycles. The molecule has 8 aromatic rings. The van der Waals surface area contributed by atoms with Crippen molar-refractivity contribution in [1.29, 1.82) is 0 Å². The minimum Gasteiger partial charge on any atom is -0.292 e. The van der Waals surface area contributed by atoms with Crippen LogP contribution in [0.4, 0.5) is 0 Å². The molecule has 0 spiro atoms. The summed E-state index contributed by atoms with van der Waals surface area (Å²) in [5, 5.41) is 7.72. The first-order chi connectivity index (χ1) is 19.2. The summed E-state index contributed by atoms with van der Waals surface area (Å²) in [6.07, 6.45) is 7.08. The first-order valence-corrected chi connectivity index (χ1v) is 15.5. The monoisotopic (exact) mass is 537 g/mol. The SMILES string of the molecule is S=P(c1ccncc1)(c1ccc2cncnc2c1)c1ccc2c3ccccc3n3c4ccccc4nc3c2c1. The van der Waals surface area contributed by atoms with E-state index in [0.29, 0.717) is 0 Å². The molecule has 0 fully saturated rings. The van der Waals surface area contributed by atoms with Crippen LogP contribution >= 0.6 is 6.04 Å². The number of nitrogens with zero attached hydrogens (tertiary/aromatic N) is 5. The third kappa shape index (κ3) is 3.29. The molecule has 5 nitrogen and oxygen atoms in total. The lowest BCUT2D eigenvalue weighted by molar-refractivity contribution is 1.22. The zero-order valence-corrected chi connectivity index (χ0v) is 22.3. The van der Waals surface area contributed by atoms with Gasteiger partial charge in [0.05, 0.1) is 22.1 Å². The van der Waals surface area contributed by atoms with Gasteiger partial charge in [0.2, 0.25) is 0 Å². The second-order valence-electron chi connectivity index (χ2n) is 9.59. The maximum absolute atomic E-state index is 6.72. The van der Waals surface area contributed by atoms with Crippen molar-refractivity contribution in [3.8, 4) is 0 Å². The lowest BCUT2D eigenvalue weighted by Crippen LogP contribution is -2.25. The zero-order chi connectivity index (χ0) is 26.0. The van der Waals surface area contributed by atoms with Crippen LogP contribution in [0.3, 0.4) is 0 Å². The molecule has 8 rings (SSSR count). The number of para-hydroxylation sites is 3. The number of hydrogen-bond acceptors (Lipinski definition) is 5. The smallest absolute Gasteiger partial charge is 0.146 e. The lowest BCUT2D eigenvalue weighted by Gasteiger charge is -2.25. The molecule has 0 amide bonds. The summed E-state index contributed by atoms with van der Waals surface area (Å²) >= 11 is 6.72. The molecule has 7 heteroatoms. The summed E-state index contributed by atoms with van der Waals surface area (Å²) in [5.74, 6) is 0. The van der Waals surface area contributed by atoms with Crippen LogP contribution in [0.15, 0.2) is 122 Å². The van der Waals surface area contributed by atoms with Crippen molar-refractivity contribution in [2.45, 2.75) is 0 Å². The third-order valence-corrected chi connectivity index (χ3v) is 12.4. The van der Waals surface area contributed by atoms with Gasteiger partial charge in [0.1, 0.15) is 12.0 Å². The van der Waals surface area contributed by atoms with E-state index in [1.165, 1.54) is 10.8 Å². The van der Waals surface area contributed by atoms with Gasteiger partial charge < -0.3 is 0 Å². The number of rotatable bonds is 3. The number of benzene rings is 4.